The molecular weight excluding hydrogens is 466 g/mol. The first-order valence-corrected chi connectivity index (χ1v) is 12.1. The average Bonchev–Trinajstić information content (AvgIpc) is 3.34. The Hall–Kier alpha value is -4.39. The van der Waals surface area contributed by atoms with E-state index < -0.39 is 29.2 Å². The molecule has 7 heteroatoms. The van der Waals surface area contributed by atoms with E-state index in [1.165, 1.54) is 0 Å². The van der Waals surface area contributed by atoms with Gasteiger partial charge in [0.15, 0.2) is 0 Å². The average molecular weight is 498 g/mol. The summed E-state index contributed by atoms with van der Waals surface area (Å²) in [5, 5.41) is 12.2. The van der Waals surface area contributed by atoms with Crippen LogP contribution in [0.25, 0.3) is 0 Å². The second-order valence-electron chi connectivity index (χ2n) is 9.82. The highest BCUT2D eigenvalue weighted by Crippen LogP contribution is 2.40. The van der Waals surface area contributed by atoms with E-state index >= 15 is 0 Å². The van der Waals surface area contributed by atoms with Crippen LogP contribution >= 0.6 is 0 Å². The molecule has 0 bridgehead atoms. The SMILES string of the molecule is CC(C)(C)OC(=O)N[C@H](Cc1cn(C(c2ccccc2)(c2ccccc2)c2ccccc2)cn1)C(=O)O. The van der Waals surface area contributed by atoms with Crippen molar-refractivity contribution >= 4 is 12.1 Å². The lowest BCUT2D eigenvalue weighted by Gasteiger charge is -2.37. The number of rotatable bonds is 8. The van der Waals surface area contributed by atoms with E-state index in [1.54, 1.807) is 27.1 Å². The molecule has 0 aliphatic rings. The zero-order valence-corrected chi connectivity index (χ0v) is 21.2. The summed E-state index contributed by atoms with van der Waals surface area (Å²) in [4.78, 5) is 28.8. The summed E-state index contributed by atoms with van der Waals surface area (Å²) in [5.41, 5.74) is 2.10. The number of nitrogens with one attached hydrogen (secondary N) is 1. The normalized spacial score (nSPS) is 12.5. The van der Waals surface area contributed by atoms with Gasteiger partial charge in [0, 0.05) is 12.6 Å². The molecule has 190 valence electrons. The fraction of sp³-hybridized carbons (Fsp3) is 0.233. The van der Waals surface area contributed by atoms with Crippen molar-refractivity contribution in [3.63, 3.8) is 0 Å². The Bertz CT molecular complexity index is 1230. The second kappa shape index (κ2) is 10.7. The Morgan fingerprint density at radius 2 is 1.32 bits per heavy atom. The molecule has 3 aromatic carbocycles. The molecule has 1 heterocycles. The highest BCUT2D eigenvalue weighted by atomic mass is 16.6. The number of amides is 1. The molecule has 1 aromatic heterocycles. The zero-order chi connectivity index (χ0) is 26.5. The van der Waals surface area contributed by atoms with Gasteiger partial charge in [-0.25, -0.2) is 14.6 Å². The summed E-state index contributed by atoms with van der Waals surface area (Å²) >= 11 is 0. The highest BCUT2D eigenvalue weighted by molar-refractivity contribution is 5.80. The van der Waals surface area contributed by atoms with Gasteiger partial charge in [-0.15, -0.1) is 0 Å². The molecule has 0 saturated heterocycles. The van der Waals surface area contributed by atoms with Crippen LogP contribution in [0.1, 0.15) is 43.2 Å². The summed E-state index contributed by atoms with van der Waals surface area (Å²) in [6, 6.07) is 29.2. The van der Waals surface area contributed by atoms with Crippen LogP contribution in [0.5, 0.6) is 0 Å². The first kappa shape index (κ1) is 25.7. The Morgan fingerprint density at radius 3 is 1.73 bits per heavy atom. The molecule has 1 amide bonds. The molecule has 0 aliphatic heterocycles. The van der Waals surface area contributed by atoms with E-state index in [2.05, 4.69) is 46.7 Å². The molecule has 4 rings (SSSR count). The number of benzene rings is 3. The van der Waals surface area contributed by atoms with Crippen LogP contribution in [0, 0.1) is 0 Å². The minimum absolute atomic E-state index is 0.00394. The van der Waals surface area contributed by atoms with Crippen molar-refractivity contribution in [2.45, 2.75) is 44.4 Å². The molecule has 1 atom stereocenters. The van der Waals surface area contributed by atoms with Crippen molar-refractivity contribution in [1.82, 2.24) is 14.9 Å². The molecule has 0 spiro atoms. The van der Waals surface area contributed by atoms with Crippen molar-refractivity contribution in [3.05, 3.63) is 126 Å². The quantitative estimate of drug-likeness (QED) is 0.325. The van der Waals surface area contributed by atoms with Crippen LogP contribution in [0.4, 0.5) is 4.79 Å². The largest absolute Gasteiger partial charge is 0.480 e. The van der Waals surface area contributed by atoms with Crippen molar-refractivity contribution in [2.75, 3.05) is 0 Å². The monoisotopic (exact) mass is 497 g/mol. The van der Waals surface area contributed by atoms with Gasteiger partial charge in [-0.05, 0) is 37.5 Å². The number of carbonyl (C=O) groups excluding carboxylic acids is 1. The van der Waals surface area contributed by atoms with Crippen LogP contribution in [-0.4, -0.2) is 38.4 Å². The van der Waals surface area contributed by atoms with E-state index in [0.717, 1.165) is 16.7 Å². The maximum Gasteiger partial charge on any atom is 0.408 e. The molecule has 0 fully saturated rings. The lowest BCUT2D eigenvalue weighted by atomic mass is 9.77. The molecule has 37 heavy (non-hydrogen) atoms. The summed E-state index contributed by atoms with van der Waals surface area (Å²) < 4.78 is 7.26. The van der Waals surface area contributed by atoms with Crippen LogP contribution < -0.4 is 5.32 Å². The standard InChI is InChI=1S/C30H31N3O4/c1-29(2,3)37-28(36)32-26(27(34)35)19-25-20-33(21-31-25)30(22-13-7-4-8-14-22,23-15-9-5-10-16-23)24-17-11-6-12-18-24/h4-18,20-21,26H,19H2,1-3H3,(H,32,36)(H,34,35)/t26-/m1/s1. The Balaban J connectivity index is 1.78. The van der Waals surface area contributed by atoms with E-state index in [1.807, 2.05) is 65.4 Å². The number of ether oxygens (including phenoxy) is 1. The van der Waals surface area contributed by atoms with Crippen molar-refractivity contribution < 1.29 is 19.4 Å². The van der Waals surface area contributed by atoms with Crippen molar-refractivity contribution in [3.8, 4) is 0 Å². The summed E-state index contributed by atoms with van der Waals surface area (Å²) in [7, 11) is 0. The van der Waals surface area contributed by atoms with Crippen LogP contribution in [-0.2, 0) is 21.5 Å². The summed E-state index contributed by atoms with van der Waals surface area (Å²) in [6.45, 7) is 5.17. The number of alkyl carbamates (subject to hydrolysis) is 1. The Kier molecular flexibility index (Phi) is 7.43. The van der Waals surface area contributed by atoms with Gasteiger partial charge >= 0.3 is 12.1 Å². The number of aliphatic carboxylic acids is 1. The third-order valence-electron chi connectivity index (χ3n) is 6.00. The van der Waals surface area contributed by atoms with Crippen LogP contribution in [0.15, 0.2) is 104 Å². The number of imidazole rings is 1. The van der Waals surface area contributed by atoms with Gasteiger partial charge in [0.1, 0.15) is 17.2 Å². The van der Waals surface area contributed by atoms with Crippen molar-refractivity contribution in [2.24, 2.45) is 0 Å². The molecular formula is C30H31N3O4. The first-order valence-electron chi connectivity index (χ1n) is 12.1. The van der Waals surface area contributed by atoms with Gasteiger partial charge in [-0.2, -0.15) is 0 Å². The van der Waals surface area contributed by atoms with Crippen molar-refractivity contribution in [1.29, 1.82) is 0 Å². The van der Waals surface area contributed by atoms with E-state index in [4.69, 9.17) is 4.74 Å². The van der Waals surface area contributed by atoms with Crippen LogP contribution in [0.2, 0.25) is 0 Å². The van der Waals surface area contributed by atoms with Gasteiger partial charge in [0.25, 0.3) is 0 Å². The second-order valence-corrected chi connectivity index (χ2v) is 9.82. The van der Waals surface area contributed by atoms with Gasteiger partial charge in [-0.3, -0.25) is 0 Å². The Labute approximate surface area is 216 Å². The predicted molar refractivity (Wildman–Crippen MR) is 141 cm³/mol. The predicted octanol–water partition coefficient (Wildman–Crippen LogP) is 5.24. The Morgan fingerprint density at radius 1 is 0.865 bits per heavy atom. The van der Waals surface area contributed by atoms with E-state index in [9.17, 15) is 14.7 Å². The molecule has 7 nitrogen and oxygen atoms in total. The van der Waals surface area contributed by atoms with Crippen LogP contribution in [0.3, 0.4) is 0 Å². The molecule has 4 aromatic rings. The number of carboxylic acid groups (broad SMARTS) is 1. The maximum atomic E-state index is 12.3. The van der Waals surface area contributed by atoms with Gasteiger partial charge in [0.2, 0.25) is 0 Å². The molecule has 0 aliphatic carbocycles. The van der Waals surface area contributed by atoms with E-state index in [-0.39, 0.29) is 6.42 Å². The highest BCUT2D eigenvalue weighted by Gasteiger charge is 2.38. The number of carboxylic acids is 1. The molecule has 0 radical (unpaired) electrons. The number of hydrogen-bond acceptors (Lipinski definition) is 4. The number of nitrogens with zero attached hydrogens (tertiary/aromatic N) is 2. The lowest BCUT2D eigenvalue weighted by molar-refractivity contribution is -0.139. The summed E-state index contributed by atoms with van der Waals surface area (Å²) in [6.07, 6.45) is 2.77. The number of hydrogen-bond donors (Lipinski definition) is 2. The molecule has 0 unspecified atom stereocenters. The third-order valence-corrected chi connectivity index (χ3v) is 6.00. The number of aromatic nitrogens is 2. The third kappa shape index (κ3) is 5.72. The smallest absolute Gasteiger partial charge is 0.408 e. The topological polar surface area (TPSA) is 93.5 Å². The number of carbonyl (C=O) groups is 2. The first-order chi connectivity index (χ1) is 17.7. The minimum atomic E-state index is -1.20. The van der Waals surface area contributed by atoms with Gasteiger partial charge in [0.05, 0.1) is 12.0 Å². The summed E-state index contributed by atoms with van der Waals surface area (Å²) in [5.74, 6) is -1.17. The molecule has 0 saturated carbocycles. The maximum absolute atomic E-state index is 12.3. The molecule has 2 N–H and O–H groups in total. The fourth-order valence-electron chi connectivity index (χ4n) is 4.50. The van der Waals surface area contributed by atoms with Gasteiger partial charge < -0.3 is 19.7 Å². The zero-order valence-electron chi connectivity index (χ0n) is 21.2. The van der Waals surface area contributed by atoms with Gasteiger partial charge in [-0.1, -0.05) is 91.0 Å². The lowest BCUT2D eigenvalue weighted by Crippen LogP contribution is -2.44. The fourth-order valence-corrected chi connectivity index (χ4v) is 4.50. The minimum Gasteiger partial charge on any atom is -0.480 e. The van der Waals surface area contributed by atoms with E-state index in [0.29, 0.717) is 5.69 Å².